The first-order chi connectivity index (χ1) is 13.5. The van der Waals surface area contributed by atoms with Crippen LogP contribution in [0.15, 0.2) is 24.7 Å². The van der Waals surface area contributed by atoms with Gasteiger partial charge in [-0.2, -0.15) is 0 Å². The van der Waals surface area contributed by atoms with Crippen LogP contribution in [0.1, 0.15) is 20.8 Å². The SMILES string of the molecule is CNS(=O)(=O)C[C@H](Nc1nc(-c2c[nH]c3ncc(F)cc23)ncc1F)C(C)(C)C. The van der Waals surface area contributed by atoms with Crippen molar-refractivity contribution in [3.05, 3.63) is 36.3 Å². The van der Waals surface area contributed by atoms with Crippen LogP contribution in [-0.4, -0.2) is 47.2 Å². The summed E-state index contributed by atoms with van der Waals surface area (Å²) in [6.45, 7) is 5.51. The molecular weight excluding hydrogens is 402 g/mol. The Labute approximate surface area is 167 Å². The minimum atomic E-state index is -3.56. The van der Waals surface area contributed by atoms with Gasteiger partial charge < -0.3 is 10.3 Å². The maximum atomic E-state index is 14.4. The molecule has 1 atom stereocenters. The number of nitrogens with one attached hydrogen (secondary N) is 3. The minimum absolute atomic E-state index is 0.139. The highest BCUT2D eigenvalue weighted by molar-refractivity contribution is 7.89. The summed E-state index contributed by atoms with van der Waals surface area (Å²) in [5, 5.41) is 3.35. The topological polar surface area (TPSA) is 113 Å². The van der Waals surface area contributed by atoms with Crippen LogP contribution in [0.25, 0.3) is 22.4 Å². The molecule has 0 fully saturated rings. The van der Waals surface area contributed by atoms with Crippen LogP contribution in [0.3, 0.4) is 0 Å². The number of H-pyrrole nitrogens is 1. The van der Waals surface area contributed by atoms with Crippen molar-refractivity contribution in [3.8, 4) is 11.4 Å². The van der Waals surface area contributed by atoms with Crippen molar-refractivity contribution < 1.29 is 17.2 Å². The van der Waals surface area contributed by atoms with Crippen LogP contribution < -0.4 is 10.0 Å². The lowest BCUT2D eigenvalue weighted by molar-refractivity contribution is 0.357. The quantitative estimate of drug-likeness (QED) is 0.561. The fraction of sp³-hybridized carbons (Fsp3) is 0.389. The van der Waals surface area contributed by atoms with Crippen LogP contribution in [0.4, 0.5) is 14.6 Å². The Hall–Kier alpha value is -2.66. The second-order valence-corrected chi connectivity index (χ2v) is 9.66. The molecule has 0 aliphatic rings. The summed E-state index contributed by atoms with van der Waals surface area (Å²) < 4.78 is 54.4. The van der Waals surface area contributed by atoms with Gasteiger partial charge in [0, 0.05) is 23.2 Å². The maximum Gasteiger partial charge on any atom is 0.213 e. The Morgan fingerprint density at radius 1 is 1.21 bits per heavy atom. The molecule has 3 heterocycles. The third-order valence-corrected chi connectivity index (χ3v) is 5.93. The van der Waals surface area contributed by atoms with Crippen molar-refractivity contribution >= 4 is 26.9 Å². The average Bonchev–Trinajstić information content (AvgIpc) is 3.05. The summed E-state index contributed by atoms with van der Waals surface area (Å²) in [4.78, 5) is 15.1. The summed E-state index contributed by atoms with van der Waals surface area (Å²) in [5.41, 5.74) is 0.372. The van der Waals surface area contributed by atoms with E-state index in [1.165, 1.54) is 13.1 Å². The molecule has 29 heavy (non-hydrogen) atoms. The van der Waals surface area contributed by atoms with E-state index in [0.29, 0.717) is 16.6 Å². The van der Waals surface area contributed by atoms with E-state index in [4.69, 9.17) is 0 Å². The predicted molar refractivity (Wildman–Crippen MR) is 107 cm³/mol. The maximum absolute atomic E-state index is 14.4. The average molecular weight is 424 g/mol. The van der Waals surface area contributed by atoms with Crippen LogP contribution in [0.5, 0.6) is 0 Å². The van der Waals surface area contributed by atoms with Gasteiger partial charge >= 0.3 is 0 Å². The first-order valence-electron chi connectivity index (χ1n) is 8.83. The number of pyridine rings is 1. The number of anilines is 1. The zero-order valence-corrected chi connectivity index (χ0v) is 17.2. The van der Waals surface area contributed by atoms with Gasteiger partial charge in [-0.3, -0.25) is 0 Å². The lowest BCUT2D eigenvalue weighted by Gasteiger charge is -2.31. The smallest absolute Gasteiger partial charge is 0.213 e. The van der Waals surface area contributed by atoms with Gasteiger partial charge in [-0.25, -0.2) is 36.9 Å². The van der Waals surface area contributed by atoms with Gasteiger partial charge in [-0.15, -0.1) is 0 Å². The highest BCUT2D eigenvalue weighted by Gasteiger charge is 2.30. The van der Waals surface area contributed by atoms with Crippen molar-refractivity contribution in [2.75, 3.05) is 18.1 Å². The molecule has 3 aromatic rings. The molecule has 0 aromatic carbocycles. The number of aromatic nitrogens is 4. The molecule has 0 unspecified atom stereocenters. The largest absolute Gasteiger partial charge is 0.363 e. The molecular formula is C18H22F2N6O2S. The molecule has 3 aromatic heterocycles. The Morgan fingerprint density at radius 3 is 2.59 bits per heavy atom. The number of hydrogen-bond donors (Lipinski definition) is 3. The lowest BCUT2D eigenvalue weighted by atomic mass is 9.88. The number of aromatic amines is 1. The number of rotatable bonds is 6. The monoisotopic (exact) mass is 424 g/mol. The van der Waals surface area contributed by atoms with E-state index in [0.717, 1.165) is 12.4 Å². The molecule has 0 saturated carbocycles. The number of fused-ring (bicyclic) bond motifs is 1. The summed E-state index contributed by atoms with van der Waals surface area (Å²) in [6, 6.07) is 0.644. The van der Waals surface area contributed by atoms with E-state index in [1.54, 1.807) is 6.20 Å². The standard InChI is InChI=1S/C18H22F2N6O2S/c1-18(2,3)14(9-29(27,28)21-4)25-17-13(20)8-24-16(26-17)12-7-23-15-11(12)5-10(19)6-22-15/h5-8,14,21H,9H2,1-4H3,(H,22,23)(H,24,25,26)/t14-/m0/s1. The molecule has 8 nitrogen and oxygen atoms in total. The zero-order chi connectivity index (χ0) is 21.4. The van der Waals surface area contributed by atoms with Gasteiger partial charge in [0.1, 0.15) is 11.5 Å². The third kappa shape index (κ3) is 4.67. The second kappa shape index (κ2) is 7.64. The third-order valence-electron chi connectivity index (χ3n) is 4.54. The molecule has 11 heteroatoms. The number of halogens is 2. The fourth-order valence-corrected chi connectivity index (χ4v) is 3.93. The summed E-state index contributed by atoms with van der Waals surface area (Å²) in [5.74, 6) is -1.51. The zero-order valence-electron chi connectivity index (χ0n) is 16.4. The van der Waals surface area contributed by atoms with Crippen LogP contribution in [-0.2, 0) is 10.0 Å². The van der Waals surface area contributed by atoms with Gasteiger partial charge in [-0.1, -0.05) is 20.8 Å². The van der Waals surface area contributed by atoms with Crippen LogP contribution in [0, 0.1) is 17.0 Å². The predicted octanol–water partition coefficient (Wildman–Crippen LogP) is 2.67. The van der Waals surface area contributed by atoms with Crippen molar-refractivity contribution in [3.63, 3.8) is 0 Å². The number of sulfonamides is 1. The van der Waals surface area contributed by atoms with Crippen molar-refractivity contribution in [1.82, 2.24) is 24.7 Å². The van der Waals surface area contributed by atoms with Gasteiger partial charge in [0.05, 0.1) is 18.1 Å². The highest BCUT2D eigenvalue weighted by atomic mass is 32.2. The van der Waals surface area contributed by atoms with Crippen molar-refractivity contribution in [2.24, 2.45) is 5.41 Å². The Bertz CT molecular complexity index is 1140. The highest BCUT2D eigenvalue weighted by Crippen LogP contribution is 2.29. The number of nitrogens with zero attached hydrogens (tertiary/aromatic N) is 3. The van der Waals surface area contributed by atoms with Gasteiger partial charge in [-0.05, 0) is 18.5 Å². The fourth-order valence-electron chi connectivity index (χ4n) is 2.74. The second-order valence-electron chi connectivity index (χ2n) is 7.69. The Morgan fingerprint density at radius 2 is 1.93 bits per heavy atom. The molecule has 0 aliphatic heterocycles. The van der Waals surface area contributed by atoms with Crippen molar-refractivity contribution in [1.29, 1.82) is 0 Å². The Kier molecular flexibility index (Phi) is 5.54. The molecule has 0 bridgehead atoms. The Balaban J connectivity index is 2.01. The van der Waals surface area contributed by atoms with E-state index in [2.05, 4.69) is 30.0 Å². The molecule has 3 rings (SSSR count). The lowest BCUT2D eigenvalue weighted by Crippen LogP contribution is -2.43. The van der Waals surface area contributed by atoms with E-state index in [-0.39, 0.29) is 17.4 Å². The minimum Gasteiger partial charge on any atom is -0.363 e. The van der Waals surface area contributed by atoms with E-state index in [1.807, 2.05) is 20.8 Å². The van der Waals surface area contributed by atoms with Crippen molar-refractivity contribution in [2.45, 2.75) is 26.8 Å². The van der Waals surface area contributed by atoms with E-state index < -0.39 is 33.1 Å². The van der Waals surface area contributed by atoms with E-state index in [9.17, 15) is 17.2 Å². The molecule has 0 aliphatic carbocycles. The molecule has 156 valence electrons. The molecule has 0 spiro atoms. The van der Waals surface area contributed by atoms with Gasteiger partial charge in [0.25, 0.3) is 0 Å². The first kappa shape index (κ1) is 21.1. The summed E-state index contributed by atoms with van der Waals surface area (Å²) in [7, 11) is -2.23. The summed E-state index contributed by atoms with van der Waals surface area (Å²) in [6.07, 6.45) is 3.63. The molecule has 0 saturated heterocycles. The molecule has 3 N–H and O–H groups in total. The van der Waals surface area contributed by atoms with E-state index >= 15 is 0 Å². The van der Waals surface area contributed by atoms with Gasteiger partial charge in [0.15, 0.2) is 17.5 Å². The number of hydrogen-bond acceptors (Lipinski definition) is 6. The summed E-state index contributed by atoms with van der Waals surface area (Å²) >= 11 is 0. The molecule has 0 amide bonds. The van der Waals surface area contributed by atoms with Crippen LogP contribution in [0.2, 0.25) is 0 Å². The first-order valence-corrected chi connectivity index (χ1v) is 10.5. The normalized spacial score (nSPS) is 13.6. The molecule has 0 radical (unpaired) electrons. The van der Waals surface area contributed by atoms with Crippen LogP contribution >= 0.6 is 0 Å². The van der Waals surface area contributed by atoms with Gasteiger partial charge in [0.2, 0.25) is 10.0 Å².